The molecule has 0 unspecified atom stereocenters. The fourth-order valence-electron chi connectivity index (χ4n) is 4.96. The first-order chi connectivity index (χ1) is 15.3. The molecule has 1 aromatic carbocycles. The van der Waals surface area contributed by atoms with Gasteiger partial charge in [-0.25, -0.2) is 8.42 Å². The van der Waals surface area contributed by atoms with Crippen LogP contribution in [0.3, 0.4) is 0 Å². The quantitative estimate of drug-likeness (QED) is 0.685. The molecule has 2 aliphatic heterocycles. The molecule has 0 bridgehead atoms. The van der Waals surface area contributed by atoms with E-state index in [0.717, 1.165) is 38.1 Å². The van der Waals surface area contributed by atoms with E-state index in [1.807, 2.05) is 12.1 Å². The normalized spacial score (nSPS) is 23.8. The van der Waals surface area contributed by atoms with Gasteiger partial charge in [0, 0.05) is 25.2 Å². The second-order valence-electron chi connectivity index (χ2n) is 9.28. The van der Waals surface area contributed by atoms with Crippen molar-refractivity contribution in [1.82, 2.24) is 14.5 Å². The Morgan fingerprint density at radius 2 is 1.75 bits per heavy atom. The van der Waals surface area contributed by atoms with E-state index >= 15 is 0 Å². The summed E-state index contributed by atoms with van der Waals surface area (Å²) in [5.41, 5.74) is 0.448. The predicted octanol–water partition coefficient (Wildman–Crippen LogP) is 3.51. The molecular weight excluding hydrogens is 426 g/mol. The lowest BCUT2D eigenvalue weighted by atomic mass is 9.94. The number of carbonyl (C=O) groups is 1. The van der Waals surface area contributed by atoms with E-state index in [-0.39, 0.29) is 16.8 Å². The summed E-state index contributed by atoms with van der Waals surface area (Å²) in [4.78, 5) is 15.3. The topological polar surface area (TPSA) is 82.9 Å². The monoisotopic (exact) mass is 459 g/mol. The number of hydrogen-bond donors (Lipinski definition) is 1. The van der Waals surface area contributed by atoms with Gasteiger partial charge < -0.3 is 9.73 Å². The molecule has 3 heterocycles. The molecule has 1 aromatic heterocycles. The van der Waals surface area contributed by atoms with Gasteiger partial charge in [-0.05, 0) is 80.6 Å². The Balaban J connectivity index is 1.41. The van der Waals surface area contributed by atoms with Gasteiger partial charge >= 0.3 is 0 Å². The first-order valence-electron chi connectivity index (χ1n) is 11.5. The number of benzene rings is 1. The summed E-state index contributed by atoms with van der Waals surface area (Å²) >= 11 is 0. The molecule has 2 saturated heterocycles. The Labute approximate surface area is 190 Å². The van der Waals surface area contributed by atoms with Crippen LogP contribution >= 0.6 is 0 Å². The Morgan fingerprint density at radius 1 is 1.09 bits per heavy atom. The van der Waals surface area contributed by atoms with Gasteiger partial charge in [0.05, 0.1) is 17.2 Å². The minimum absolute atomic E-state index is 0.000758. The highest BCUT2D eigenvalue weighted by Crippen LogP contribution is 2.27. The van der Waals surface area contributed by atoms with Crippen LogP contribution < -0.4 is 5.32 Å². The van der Waals surface area contributed by atoms with Crippen LogP contribution in [-0.2, 0) is 10.0 Å². The SMILES string of the molecule is C[C@@H]1C[C@@H](C)CN(S(=O)(=O)c2ccc(C(=O)NC[C@@H](c3ccco3)N3CCCC3)cc2)C1. The number of hydrogen-bond acceptors (Lipinski definition) is 5. The van der Waals surface area contributed by atoms with Gasteiger partial charge in [0.15, 0.2) is 0 Å². The smallest absolute Gasteiger partial charge is 0.251 e. The third-order valence-corrected chi connectivity index (χ3v) is 8.34. The molecule has 174 valence electrons. The number of nitrogens with one attached hydrogen (secondary N) is 1. The molecule has 1 amide bonds. The molecule has 2 fully saturated rings. The van der Waals surface area contributed by atoms with Crippen molar-refractivity contribution in [3.63, 3.8) is 0 Å². The van der Waals surface area contributed by atoms with E-state index in [1.54, 1.807) is 34.8 Å². The summed E-state index contributed by atoms with van der Waals surface area (Å²) in [6, 6.07) is 10.1. The van der Waals surface area contributed by atoms with Crippen molar-refractivity contribution in [1.29, 1.82) is 0 Å². The summed E-state index contributed by atoms with van der Waals surface area (Å²) in [5.74, 6) is 1.32. The average Bonchev–Trinajstić information content (AvgIpc) is 3.48. The van der Waals surface area contributed by atoms with Gasteiger partial charge in [0.1, 0.15) is 5.76 Å². The summed E-state index contributed by atoms with van der Waals surface area (Å²) in [6.07, 6.45) is 5.00. The molecule has 2 aliphatic rings. The fraction of sp³-hybridized carbons (Fsp3) is 0.542. The lowest BCUT2D eigenvalue weighted by molar-refractivity contribution is 0.0933. The highest BCUT2D eigenvalue weighted by Gasteiger charge is 2.32. The highest BCUT2D eigenvalue weighted by molar-refractivity contribution is 7.89. The van der Waals surface area contributed by atoms with Crippen molar-refractivity contribution in [2.45, 2.75) is 44.0 Å². The fourth-order valence-corrected chi connectivity index (χ4v) is 6.64. The molecule has 4 rings (SSSR count). The van der Waals surface area contributed by atoms with Gasteiger partial charge in [-0.1, -0.05) is 13.8 Å². The number of likely N-dealkylation sites (tertiary alicyclic amines) is 1. The van der Waals surface area contributed by atoms with Crippen molar-refractivity contribution < 1.29 is 17.6 Å². The third kappa shape index (κ3) is 5.08. The maximum Gasteiger partial charge on any atom is 0.251 e. The van der Waals surface area contributed by atoms with Crippen LogP contribution in [0.5, 0.6) is 0 Å². The lowest BCUT2D eigenvalue weighted by Crippen LogP contribution is -2.42. The van der Waals surface area contributed by atoms with E-state index in [1.165, 1.54) is 0 Å². The number of amides is 1. The minimum atomic E-state index is -3.55. The Kier molecular flexibility index (Phi) is 7.02. The van der Waals surface area contributed by atoms with Gasteiger partial charge in [0.25, 0.3) is 5.91 Å². The Morgan fingerprint density at radius 3 is 2.34 bits per heavy atom. The van der Waals surface area contributed by atoms with Crippen molar-refractivity contribution in [3.8, 4) is 0 Å². The number of sulfonamides is 1. The average molecular weight is 460 g/mol. The summed E-state index contributed by atoms with van der Waals surface area (Å²) in [7, 11) is -3.55. The third-order valence-electron chi connectivity index (χ3n) is 6.50. The molecule has 0 spiro atoms. The molecule has 32 heavy (non-hydrogen) atoms. The first-order valence-corrected chi connectivity index (χ1v) is 12.9. The van der Waals surface area contributed by atoms with Crippen LogP contribution in [0.15, 0.2) is 52.0 Å². The molecule has 0 saturated carbocycles. The summed E-state index contributed by atoms with van der Waals surface area (Å²) < 4.78 is 33.3. The van der Waals surface area contributed by atoms with Crippen LogP contribution in [0.1, 0.15) is 55.3 Å². The van der Waals surface area contributed by atoms with Gasteiger partial charge in [-0.3, -0.25) is 9.69 Å². The zero-order valence-electron chi connectivity index (χ0n) is 18.9. The number of carbonyl (C=O) groups excluding carboxylic acids is 1. The van der Waals surface area contributed by atoms with Crippen LogP contribution in [0.2, 0.25) is 0 Å². The number of nitrogens with zero attached hydrogens (tertiary/aromatic N) is 2. The molecule has 0 aliphatic carbocycles. The maximum atomic E-state index is 13.1. The van der Waals surface area contributed by atoms with Crippen LogP contribution in [0.4, 0.5) is 0 Å². The lowest BCUT2D eigenvalue weighted by Gasteiger charge is -2.34. The van der Waals surface area contributed by atoms with Crippen molar-refractivity contribution >= 4 is 15.9 Å². The van der Waals surface area contributed by atoms with E-state index in [2.05, 4.69) is 24.1 Å². The van der Waals surface area contributed by atoms with Crippen LogP contribution in [0, 0.1) is 11.8 Å². The van der Waals surface area contributed by atoms with E-state index < -0.39 is 10.0 Å². The molecule has 1 N–H and O–H groups in total. The van der Waals surface area contributed by atoms with Gasteiger partial charge in [-0.15, -0.1) is 0 Å². The molecule has 7 nitrogen and oxygen atoms in total. The van der Waals surface area contributed by atoms with Crippen LogP contribution in [-0.4, -0.2) is 56.3 Å². The molecular formula is C24H33N3O4S. The zero-order chi connectivity index (χ0) is 22.7. The second kappa shape index (κ2) is 9.77. The number of piperidine rings is 1. The highest BCUT2D eigenvalue weighted by atomic mass is 32.2. The summed E-state index contributed by atoms with van der Waals surface area (Å²) in [6.45, 7) is 7.67. The molecule has 3 atom stereocenters. The van der Waals surface area contributed by atoms with Crippen LogP contribution in [0.25, 0.3) is 0 Å². The molecule has 8 heteroatoms. The first kappa shape index (κ1) is 23.0. The predicted molar refractivity (Wildman–Crippen MR) is 123 cm³/mol. The van der Waals surface area contributed by atoms with E-state index in [0.29, 0.717) is 37.0 Å². The molecule has 2 aromatic rings. The van der Waals surface area contributed by atoms with Gasteiger partial charge in [0.2, 0.25) is 10.0 Å². The van der Waals surface area contributed by atoms with Crippen molar-refractivity contribution in [2.75, 3.05) is 32.7 Å². The molecule has 0 radical (unpaired) electrons. The number of rotatable bonds is 7. The Hall–Kier alpha value is -2.16. The largest absolute Gasteiger partial charge is 0.468 e. The maximum absolute atomic E-state index is 13.1. The number of furan rings is 1. The Bertz CT molecular complexity index is 988. The van der Waals surface area contributed by atoms with E-state index in [9.17, 15) is 13.2 Å². The second-order valence-corrected chi connectivity index (χ2v) is 11.2. The standard InChI is InChI=1S/C24H33N3O4S/c1-18-14-19(2)17-27(16-18)32(29,30)21-9-7-20(8-10-21)24(28)25-15-22(23-6-5-13-31-23)26-11-3-4-12-26/h5-10,13,18-19,22H,3-4,11-12,14-17H2,1-2H3,(H,25,28)/t18-,19-,22+/m1/s1. The van der Waals surface area contributed by atoms with Crippen molar-refractivity contribution in [3.05, 3.63) is 54.0 Å². The summed E-state index contributed by atoms with van der Waals surface area (Å²) in [5, 5.41) is 3.00. The van der Waals surface area contributed by atoms with Gasteiger partial charge in [-0.2, -0.15) is 4.31 Å². The zero-order valence-corrected chi connectivity index (χ0v) is 19.7. The minimum Gasteiger partial charge on any atom is -0.468 e. The van der Waals surface area contributed by atoms with Crippen molar-refractivity contribution in [2.24, 2.45) is 11.8 Å². The van der Waals surface area contributed by atoms with E-state index in [4.69, 9.17) is 4.42 Å².